The largest absolute Gasteiger partial charge is 0.489 e. The van der Waals surface area contributed by atoms with E-state index in [2.05, 4.69) is 15.1 Å². The van der Waals surface area contributed by atoms with Gasteiger partial charge in [0.05, 0.1) is 34.3 Å². The third-order valence-corrected chi connectivity index (χ3v) is 7.79. The number of carboxylic acid groups (broad SMARTS) is 1. The Morgan fingerprint density at radius 1 is 1.20 bits per heavy atom. The minimum atomic E-state index is -1.34. The number of anilines is 1. The van der Waals surface area contributed by atoms with Gasteiger partial charge in [-0.15, -0.1) is 0 Å². The number of β-amino-alcohol motifs (C(OH)–C–C–N with tert-alkyl or cyclic N) is 1. The monoisotopic (exact) mass is 584 g/mol. The molecule has 2 aliphatic rings. The van der Waals surface area contributed by atoms with Crippen molar-refractivity contribution in [3.05, 3.63) is 86.7 Å². The molecule has 206 valence electrons. The Kier molecular flexibility index (Phi) is 6.64. The summed E-state index contributed by atoms with van der Waals surface area (Å²) >= 11 is 13.0. The first-order valence-corrected chi connectivity index (χ1v) is 13.3. The summed E-state index contributed by atoms with van der Waals surface area (Å²) in [7, 11) is 0. The number of aromatic nitrogens is 3. The van der Waals surface area contributed by atoms with E-state index in [0.717, 1.165) is 47.6 Å². The third-order valence-electron chi connectivity index (χ3n) is 7.19. The molecule has 0 bridgehead atoms. The van der Waals surface area contributed by atoms with E-state index < -0.39 is 17.4 Å². The molecule has 12 heteroatoms. The van der Waals surface area contributed by atoms with Gasteiger partial charge in [-0.25, -0.2) is 14.2 Å². The number of hydrogen-bond donors (Lipinski definition) is 2. The molecule has 4 aromatic rings. The van der Waals surface area contributed by atoms with Gasteiger partial charge in [0.2, 0.25) is 0 Å². The Labute approximate surface area is 238 Å². The summed E-state index contributed by atoms with van der Waals surface area (Å²) in [5.41, 5.74) is 1.92. The molecule has 2 N–H and O–H groups in total. The summed E-state index contributed by atoms with van der Waals surface area (Å²) in [4.78, 5) is 20.6. The van der Waals surface area contributed by atoms with Crippen LogP contribution in [0.5, 0.6) is 5.75 Å². The van der Waals surface area contributed by atoms with Crippen LogP contribution in [0.3, 0.4) is 0 Å². The average Bonchev–Trinajstić information content (AvgIpc) is 3.66. The van der Waals surface area contributed by atoms with E-state index in [9.17, 15) is 14.3 Å². The predicted molar refractivity (Wildman–Crippen MR) is 145 cm³/mol. The van der Waals surface area contributed by atoms with Crippen molar-refractivity contribution in [2.24, 2.45) is 0 Å². The van der Waals surface area contributed by atoms with Crippen molar-refractivity contribution in [1.29, 1.82) is 0 Å². The molecule has 3 aromatic heterocycles. The van der Waals surface area contributed by atoms with Gasteiger partial charge in [0, 0.05) is 35.6 Å². The van der Waals surface area contributed by atoms with Crippen molar-refractivity contribution in [3.8, 4) is 17.0 Å². The van der Waals surface area contributed by atoms with E-state index >= 15 is 0 Å². The fraction of sp³-hybridized carbons (Fsp3) is 0.286. The molecule has 1 saturated heterocycles. The standard InChI is InChI=1S/C28H23Cl2FN4O5/c1-14-8-32-10-21(30)23(14)24-18(25(40-34-24)15-2-3-15)11-39-17-4-5-19(20(29)7-17)28(38)12-35(13-28)26-22(31)6-16(9-33-26)27(36)37/h4-10,15,38H,2-3,11-13H2,1H3,(H,36,37). The van der Waals surface area contributed by atoms with Crippen molar-refractivity contribution in [1.82, 2.24) is 15.1 Å². The highest BCUT2D eigenvalue weighted by Gasteiger charge is 2.45. The van der Waals surface area contributed by atoms with Gasteiger partial charge in [-0.05, 0) is 43.5 Å². The quantitative estimate of drug-likeness (QED) is 0.266. The molecule has 1 aliphatic carbocycles. The van der Waals surface area contributed by atoms with Crippen molar-refractivity contribution in [2.45, 2.75) is 37.9 Å². The number of aliphatic hydroxyl groups is 1. The van der Waals surface area contributed by atoms with Crippen LogP contribution in [0.4, 0.5) is 10.2 Å². The second-order valence-corrected chi connectivity index (χ2v) is 10.9. The molecule has 0 radical (unpaired) electrons. The lowest BCUT2D eigenvalue weighted by Gasteiger charge is -2.47. The van der Waals surface area contributed by atoms with Gasteiger partial charge < -0.3 is 24.4 Å². The highest BCUT2D eigenvalue weighted by molar-refractivity contribution is 6.33. The van der Waals surface area contributed by atoms with E-state index in [-0.39, 0.29) is 36.1 Å². The maximum absolute atomic E-state index is 14.4. The molecular formula is C28H23Cl2FN4O5. The number of carboxylic acids is 1. The number of rotatable bonds is 8. The SMILES string of the molecule is Cc1cncc(Cl)c1-c1noc(C2CC2)c1COc1ccc(C2(O)CN(c3ncc(C(=O)O)cc3F)C2)c(Cl)c1. The number of benzene rings is 1. The Bertz CT molecular complexity index is 1610. The highest BCUT2D eigenvalue weighted by Crippen LogP contribution is 2.46. The second kappa shape index (κ2) is 10.0. The number of halogens is 3. The lowest BCUT2D eigenvalue weighted by molar-refractivity contribution is 0.00670. The summed E-state index contributed by atoms with van der Waals surface area (Å²) in [5, 5.41) is 25.3. The zero-order valence-electron chi connectivity index (χ0n) is 21.2. The lowest BCUT2D eigenvalue weighted by atomic mass is 9.86. The molecule has 6 rings (SSSR count). The molecule has 9 nitrogen and oxygen atoms in total. The normalized spacial score (nSPS) is 16.1. The topological polar surface area (TPSA) is 122 Å². The van der Waals surface area contributed by atoms with Crippen LogP contribution in [0, 0.1) is 12.7 Å². The lowest BCUT2D eigenvalue weighted by Crippen LogP contribution is -2.60. The van der Waals surface area contributed by atoms with Crippen LogP contribution >= 0.6 is 23.2 Å². The number of pyridine rings is 2. The number of nitrogens with zero attached hydrogens (tertiary/aromatic N) is 4. The van der Waals surface area contributed by atoms with Crippen LogP contribution in [0.25, 0.3) is 11.3 Å². The fourth-order valence-corrected chi connectivity index (χ4v) is 5.60. The first kappa shape index (κ1) is 26.5. The van der Waals surface area contributed by atoms with Gasteiger partial charge in [0.25, 0.3) is 0 Å². The van der Waals surface area contributed by atoms with Gasteiger partial charge in [-0.3, -0.25) is 4.98 Å². The molecule has 1 saturated carbocycles. The van der Waals surface area contributed by atoms with Gasteiger partial charge in [0.1, 0.15) is 29.4 Å². The molecule has 2 fully saturated rings. The van der Waals surface area contributed by atoms with Crippen molar-refractivity contribution in [3.63, 3.8) is 0 Å². The van der Waals surface area contributed by atoms with Gasteiger partial charge in [-0.2, -0.15) is 0 Å². The molecule has 0 unspecified atom stereocenters. The minimum Gasteiger partial charge on any atom is -0.489 e. The number of aryl methyl sites for hydroxylation is 1. The number of ether oxygens (including phenoxy) is 1. The zero-order chi connectivity index (χ0) is 28.2. The van der Waals surface area contributed by atoms with Crippen molar-refractivity contribution >= 4 is 35.0 Å². The Hall–Kier alpha value is -3.73. The first-order valence-electron chi connectivity index (χ1n) is 12.5. The van der Waals surface area contributed by atoms with E-state index in [1.54, 1.807) is 30.6 Å². The summed E-state index contributed by atoms with van der Waals surface area (Å²) in [6.45, 7) is 2.15. The van der Waals surface area contributed by atoms with Crippen LogP contribution in [-0.2, 0) is 12.2 Å². The number of hydrogen-bond acceptors (Lipinski definition) is 8. The fourth-order valence-electron chi connectivity index (χ4n) is 4.96. The third kappa shape index (κ3) is 4.76. The number of carbonyl (C=O) groups is 1. The smallest absolute Gasteiger partial charge is 0.337 e. The summed E-state index contributed by atoms with van der Waals surface area (Å²) in [6, 6.07) is 5.90. The van der Waals surface area contributed by atoms with E-state index in [1.165, 1.54) is 4.90 Å². The highest BCUT2D eigenvalue weighted by atomic mass is 35.5. The Balaban J connectivity index is 1.19. The van der Waals surface area contributed by atoms with Gasteiger partial charge in [0.15, 0.2) is 11.6 Å². The molecular weight excluding hydrogens is 562 g/mol. The molecule has 1 aliphatic heterocycles. The van der Waals surface area contributed by atoms with Crippen molar-refractivity contribution < 1.29 is 28.7 Å². The van der Waals surface area contributed by atoms with Crippen LogP contribution in [0.2, 0.25) is 10.0 Å². The maximum Gasteiger partial charge on any atom is 0.337 e. The van der Waals surface area contributed by atoms with E-state index in [0.29, 0.717) is 27.9 Å². The molecule has 0 amide bonds. The zero-order valence-corrected chi connectivity index (χ0v) is 22.7. The van der Waals surface area contributed by atoms with Gasteiger partial charge >= 0.3 is 5.97 Å². The van der Waals surface area contributed by atoms with E-state index in [4.69, 9.17) is 37.6 Å². The summed E-state index contributed by atoms with van der Waals surface area (Å²) < 4.78 is 26.2. The molecule has 4 heterocycles. The molecule has 0 atom stereocenters. The van der Waals surface area contributed by atoms with Gasteiger partial charge in [-0.1, -0.05) is 34.4 Å². The summed E-state index contributed by atoms with van der Waals surface area (Å²) in [6.07, 6.45) is 6.41. The maximum atomic E-state index is 14.4. The summed E-state index contributed by atoms with van der Waals surface area (Å²) in [5.74, 6) is -0.525. The van der Waals surface area contributed by atoms with Crippen LogP contribution in [0.1, 0.15) is 51.6 Å². The van der Waals surface area contributed by atoms with Crippen LogP contribution in [-0.4, -0.2) is 44.4 Å². The Morgan fingerprint density at radius 2 is 1.98 bits per heavy atom. The average molecular weight is 585 g/mol. The van der Waals surface area contributed by atoms with E-state index in [1.807, 2.05) is 6.92 Å². The van der Waals surface area contributed by atoms with Crippen molar-refractivity contribution in [2.75, 3.05) is 18.0 Å². The minimum absolute atomic E-state index is 0.0318. The second-order valence-electron chi connectivity index (χ2n) is 10.1. The molecule has 0 spiro atoms. The Morgan fingerprint density at radius 3 is 2.62 bits per heavy atom. The number of aromatic carboxylic acids is 1. The predicted octanol–water partition coefficient (Wildman–Crippen LogP) is 5.75. The van der Waals surface area contributed by atoms with Crippen LogP contribution in [0.15, 0.2) is 47.4 Å². The van der Waals surface area contributed by atoms with Crippen LogP contribution < -0.4 is 9.64 Å². The molecule has 40 heavy (non-hydrogen) atoms. The first-order chi connectivity index (χ1) is 19.1. The molecule has 1 aromatic carbocycles.